The first-order chi connectivity index (χ1) is 16.0. The van der Waals surface area contributed by atoms with Crippen LogP contribution in [0.5, 0.6) is 5.75 Å². The number of hydrogen-bond acceptors (Lipinski definition) is 5. The zero-order valence-electron chi connectivity index (χ0n) is 18.3. The van der Waals surface area contributed by atoms with E-state index in [0.717, 1.165) is 37.0 Å². The first-order valence-electron chi connectivity index (χ1n) is 11.0. The predicted octanol–water partition coefficient (Wildman–Crippen LogP) is 4.64. The fourth-order valence-corrected chi connectivity index (χ4v) is 4.55. The van der Waals surface area contributed by atoms with E-state index < -0.39 is 5.82 Å². The lowest BCUT2D eigenvalue weighted by Crippen LogP contribution is -2.53. The SMILES string of the molecule is Cc1ccc(OCc2nc(C(=O)N[C@@H]3CCCC[C@H]3NC(=O)c3cccc(F)c3)cs2)cc1. The van der Waals surface area contributed by atoms with Gasteiger partial charge in [-0.3, -0.25) is 9.59 Å². The van der Waals surface area contributed by atoms with Gasteiger partial charge in [0.1, 0.15) is 28.9 Å². The molecule has 3 aromatic rings. The smallest absolute Gasteiger partial charge is 0.271 e. The van der Waals surface area contributed by atoms with E-state index in [-0.39, 0.29) is 36.1 Å². The topological polar surface area (TPSA) is 80.3 Å². The summed E-state index contributed by atoms with van der Waals surface area (Å²) in [5.74, 6) is -0.322. The van der Waals surface area contributed by atoms with Gasteiger partial charge in [0, 0.05) is 23.0 Å². The summed E-state index contributed by atoms with van der Waals surface area (Å²) >= 11 is 1.37. The van der Waals surface area contributed by atoms with Crippen LogP contribution in [0.15, 0.2) is 53.9 Å². The standard InChI is InChI=1S/C25H26FN3O3S/c1-16-9-11-19(12-10-16)32-14-23-27-22(15-33-23)25(31)29-21-8-3-2-7-20(21)28-24(30)17-5-4-6-18(26)13-17/h4-6,9-13,15,20-21H,2-3,7-8,14H2,1H3,(H,28,30)(H,29,31)/t20-,21-/m1/s1. The maximum atomic E-state index is 13.5. The molecule has 0 radical (unpaired) electrons. The van der Waals surface area contributed by atoms with E-state index in [1.807, 2.05) is 31.2 Å². The molecule has 0 saturated heterocycles. The van der Waals surface area contributed by atoms with Crippen LogP contribution in [0.1, 0.15) is 57.1 Å². The van der Waals surface area contributed by atoms with E-state index in [9.17, 15) is 14.0 Å². The molecule has 0 aliphatic heterocycles. The molecule has 4 rings (SSSR count). The minimum atomic E-state index is -0.457. The highest BCUT2D eigenvalue weighted by atomic mass is 32.1. The van der Waals surface area contributed by atoms with Crippen molar-refractivity contribution in [3.63, 3.8) is 0 Å². The number of aromatic nitrogens is 1. The molecule has 2 N–H and O–H groups in total. The van der Waals surface area contributed by atoms with Crippen LogP contribution in [0.25, 0.3) is 0 Å². The molecule has 1 aromatic heterocycles. The Labute approximate surface area is 196 Å². The maximum absolute atomic E-state index is 13.5. The number of amides is 2. The fraction of sp³-hybridized carbons (Fsp3) is 0.320. The van der Waals surface area contributed by atoms with Crippen LogP contribution in [0.4, 0.5) is 4.39 Å². The first kappa shape index (κ1) is 22.9. The molecule has 0 unspecified atom stereocenters. The van der Waals surface area contributed by atoms with Crippen LogP contribution >= 0.6 is 11.3 Å². The zero-order valence-corrected chi connectivity index (χ0v) is 19.2. The van der Waals surface area contributed by atoms with Gasteiger partial charge in [-0.05, 0) is 50.1 Å². The van der Waals surface area contributed by atoms with Crippen LogP contribution in [0.3, 0.4) is 0 Å². The largest absolute Gasteiger partial charge is 0.486 e. The second-order valence-corrected chi connectivity index (χ2v) is 9.13. The second kappa shape index (κ2) is 10.6. The highest BCUT2D eigenvalue weighted by Crippen LogP contribution is 2.21. The van der Waals surface area contributed by atoms with Gasteiger partial charge in [-0.25, -0.2) is 9.37 Å². The fourth-order valence-electron chi connectivity index (χ4n) is 3.86. The summed E-state index contributed by atoms with van der Waals surface area (Å²) in [5.41, 5.74) is 1.76. The summed E-state index contributed by atoms with van der Waals surface area (Å²) in [6.45, 7) is 2.30. The summed E-state index contributed by atoms with van der Waals surface area (Å²) in [6, 6.07) is 12.9. The molecule has 1 saturated carbocycles. The van der Waals surface area contributed by atoms with Crippen molar-refractivity contribution >= 4 is 23.2 Å². The number of thiazole rings is 1. The summed E-state index contributed by atoms with van der Waals surface area (Å²) in [5, 5.41) is 8.40. The highest BCUT2D eigenvalue weighted by Gasteiger charge is 2.29. The third-order valence-electron chi connectivity index (χ3n) is 5.65. The van der Waals surface area contributed by atoms with Crippen molar-refractivity contribution in [1.29, 1.82) is 0 Å². The van der Waals surface area contributed by atoms with Crippen molar-refractivity contribution < 1.29 is 18.7 Å². The van der Waals surface area contributed by atoms with Gasteiger partial charge in [0.15, 0.2) is 0 Å². The minimum absolute atomic E-state index is 0.210. The molecule has 1 aliphatic carbocycles. The van der Waals surface area contributed by atoms with Gasteiger partial charge in [-0.2, -0.15) is 0 Å². The highest BCUT2D eigenvalue weighted by molar-refractivity contribution is 7.09. The number of nitrogens with one attached hydrogen (secondary N) is 2. The maximum Gasteiger partial charge on any atom is 0.271 e. The van der Waals surface area contributed by atoms with Crippen LogP contribution in [-0.4, -0.2) is 28.9 Å². The molecule has 1 heterocycles. The molecule has 2 aromatic carbocycles. The lowest BCUT2D eigenvalue weighted by molar-refractivity contribution is 0.0860. The predicted molar refractivity (Wildman–Crippen MR) is 125 cm³/mol. The summed E-state index contributed by atoms with van der Waals surface area (Å²) in [4.78, 5) is 29.8. The van der Waals surface area contributed by atoms with Gasteiger partial charge >= 0.3 is 0 Å². The first-order valence-corrected chi connectivity index (χ1v) is 11.9. The number of rotatable bonds is 7. The van der Waals surface area contributed by atoms with Crippen molar-refractivity contribution in [3.05, 3.63) is 81.6 Å². The van der Waals surface area contributed by atoms with Gasteiger partial charge in [0.25, 0.3) is 11.8 Å². The molecule has 0 bridgehead atoms. The Hall–Kier alpha value is -3.26. The number of carbonyl (C=O) groups excluding carboxylic acids is 2. The third kappa shape index (κ3) is 6.16. The number of benzene rings is 2. The van der Waals surface area contributed by atoms with Crippen LogP contribution in [0, 0.1) is 12.7 Å². The van der Waals surface area contributed by atoms with E-state index >= 15 is 0 Å². The van der Waals surface area contributed by atoms with Gasteiger partial charge in [0.05, 0.1) is 0 Å². The van der Waals surface area contributed by atoms with E-state index in [4.69, 9.17) is 4.74 Å². The molecule has 33 heavy (non-hydrogen) atoms. The van der Waals surface area contributed by atoms with Crippen molar-refractivity contribution in [1.82, 2.24) is 15.6 Å². The Balaban J connectivity index is 1.34. The number of carbonyl (C=O) groups is 2. The van der Waals surface area contributed by atoms with Crippen molar-refractivity contribution in [2.75, 3.05) is 0 Å². The average Bonchev–Trinajstić information content (AvgIpc) is 3.29. The Morgan fingerprint density at radius 2 is 1.76 bits per heavy atom. The molecular weight excluding hydrogens is 441 g/mol. The van der Waals surface area contributed by atoms with E-state index in [1.165, 1.54) is 29.5 Å². The van der Waals surface area contributed by atoms with Gasteiger partial charge in [-0.1, -0.05) is 36.6 Å². The molecule has 1 aliphatic rings. The summed E-state index contributed by atoms with van der Waals surface area (Å²) in [6.07, 6.45) is 3.42. The Morgan fingerprint density at radius 3 is 2.45 bits per heavy atom. The summed E-state index contributed by atoms with van der Waals surface area (Å²) in [7, 11) is 0. The van der Waals surface area contributed by atoms with Gasteiger partial charge < -0.3 is 15.4 Å². The quantitative estimate of drug-likeness (QED) is 0.531. The number of nitrogens with zero attached hydrogens (tertiary/aromatic N) is 1. The van der Waals surface area contributed by atoms with Crippen molar-refractivity contribution in [3.8, 4) is 5.75 Å². The normalized spacial score (nSPS) is 17.9. The monoisotopic (exact) mass is 467 g/mol. The lowest BCUT2D eigenvalue weighted by Gasteiger charge is -2.32. The third-order valence-corrected chi connectivity index (χ3v) is 6.48. The van der Waals surface area contributed by atoms with E-state index in [1.54, 1.807) is 11.4 Å². The molecule has 2 amide bonds. The summed E-state index contributed by atoms with van der Waals surface area (Å²) < 4.78 is 19.2. The Morgan fingerprint density at radius 1 is 1.06 bits per heavy atom. The van der Waals surface area contributed by atoms with Crippen LogP contribution in [0.2, 0.25) is 0 Å². The van der Waals surface area contributed by atoms with Crippen molar-refractivity contribution in [2.45, 2.75) is 51.3 Å². The molecule has 0 spiro atoms. The number of ether oxygens (including phenoxy) is 1. The molecule has 6 nitrogen and oxygen atoms in total. The van der Waals surface area contributed by atoms with Crippen LogP contribution < -0.4 is 15.4 Å². The Kier molecular flexibility index (Phi) is 7.34. The van der Waals surface area contributed by atoms with Crippen LogP contribution in [-0.2, 0) is 6.61 Å². The zero-order chi connectivity index (χ0) is 23.2. The molecule has 2 atom stereocenters. The van der Waals surface area contributed by atoms with E-state index in [0.29, 0.717) is 10.7 Å². The second-order valence-electron chi connectivity index (χ2n) is 8.18. The van der Waals surface area contributed by atoms with E-state index in [2.05, 4.69) is 15.6 Å². The number of aryl methyl sites for hydroxylation is 1. The number of halogens is 1. The molecule has 8 heteroatoms. The molecule has 1 fully saturated rings. The molecule has 172 valence electrons. The Bertz CT molecular complexity index is 1120. The minimum Gasteiger partial charge on any atom is -0.486 e. The average molecular weight is 468 g/mol. The lowest BCUT2D eigenvalue weighted by atomic mass is 9.90. The number of hydrogen-bond donors (Lipinski definition) is 2. The molecular formula is C25H26FN3O3S. The van der Waals surface area contributed by atoms with Gasteiger partial charge in [-0.15, -0.1) is 11.3 Å². The van der Waals surface area contributed by atoms with Crippen molar-refractivity contribution in [2.24, 2.45) is 0 Å². The van der Waals surface area contributed by atoms with Gasteiger partial charge in [0.2, 0.25) is 0 Å².